The Morgan fingerprint density at radius 3 is 1.79 bits per heavy atom. The van der Waals surface area contributed by atoms with Gasteiger partial charge in [0.15, 0.2) is 11.6 Å². The van der Waals surface area contributed by atoms with Crippen molar-refractivity contribution in [3.63, 3.8) is 0 Å². The summed E-state index contributed by atoms with van der Waals surface area (Å²) in [6.07, 6.45) is -0.609. The second-order valence-corrected chi connectivity index (χ2v) is 5.49. The van der Waals surface area contributed by atoms with E-state index in [-0.39, 0.29) is 76.2 Å². The van der Waals surface area contributed by atoms with Gasteiger partial charge in [-0.1, -0.05) is 24.6 Å². The first-order chi connectivity index (χ1) is 8.19. The molecule has 0 aliphatic heterocycles. The molecule has 0 nitrogen and oxygen atoms in total. The summed E-state index contributed by atoms with van der Waals surface area (Å²) >= 11 is 0. The number of hydrogen-bond acceptors (Lipinski definition) is 0. The topological polar surface area (TPSA) is 0 Å². The van der Waals surface area contributed by atoms with E-state index in [1.54, 1.807) is 0 Å². The molecule has 98 valence electrons. The van der Waals surface area contributed by atoms with E-state index in [4.69, 9.17) is 0 Å². The monoisotopic (exact) mass is 304 g/mol. The molecule has 0 saturated heterocycles. The van der Waals surface area contributed by atoms with Crippen molar-refractivity contribution in [2.24, 2.45) is 0 Å². The summed E-state index contributed by atoms with van der Waals surface area (Å²) < 4.78 is 77.4. The van der Waals surface area contributed by atoms with Crippen LogP contribution in [0, 0.1) is 17.5 Å². The van der Waals surface area contributed by atoms with E-state index in [1.807, 2.05) is 0 Å². The first-order valence-electron chi connectivity index (χ1n) is 5.54. The maximum absolute atomic E-state index is 13.5. The van der Waals surface area contributed by atoms with Crippen LogP contribution < -0.4 is 51.4 Å². The Labute approximate surface area is 148 Å². The van der Waals surface area contributed by atoms with E-state index in [0.29, 0.717) is 12.1 Å². The van der Waals surface area contributed by atoms with Crippen molar-refractivity contribution in [1.82, 2.24) is 0 Å². The van der Waals surface area contributed by atoms with Crippen LogP contribution in [0.25, 0.3) is 0 Å². The molecule has 0 heterocycles. The molecule has 1 aromatic carbocycles. The summed E-state index contributed by atoms with van der Waals surface area (Å²) in [6.45, 7) is -4.95. The van der Waals surface area contributed by atoms with Crippen LogP contribution in [0.4, 0.5) is 26.1 Å². The van der Waals surface area contributed by atoms with Gasteiger partial charge in [0, 0.05) is 6.07 Å². The van der Waals surface area contributed by atoms with E-state index in [2.05, 4.69) is 0 Å². The third-order valence-corrected chi connectivity index (χ3v) is 4.35. The largest absolute Gasteiger partial charge is 1.00 e. The molecule has 3 aliphatic rings. The van der Waals surface area contributed by atoms with Crippen molar-refractivity contribution in [3.8, 4) is 0 Å². The molecular weight excluding hydrogens is 296 g/mol. The summed E-state index contributed by atoms with van der Waals surface area (Å²) in [5, 5.41) is -1.67. The zero-order valence-electron chi connectivity index (χ0n) is 10.1. The molecular formula is C11H8BF6K. The van der Waals surface area contributed by atoms with Crippen LogP contribution >= 0.6 is 0 Å². The van der Waals surface area contributed by atoms with Crippen LogP contribution in [-0.2, 0) is 5.41 Å². The summed E-state index contributed by atoms with van der Waals surface area (Å²) in [7, 11) is 0. The molecule has 0 amide bonds. The van der Waals surface area contributed by atoms with E-state index >= 15 is 0 Å². The Kier molecular flexibility index (Phi) is 3.76. The number of rotatable bonds is 2. The van der Waals surface area contributed by atoms with Gasteiger partial charge >= 0.3 is 58.4 Å². The molecule has 0 aromatic heterocycles. The van der Waals surface area contributed by atoms with Gasteiger partial charge in [-0.15, -0.1) is 0 Å². The molecule has 1 aromatic rings. The maximum Gasteiger partial charge on any atom is 1.00 e. The van der Waals surface area contributed by atoms with Gasteiger partial charge in [0.05, 0.1) is 0 Å². The standard InChI is InChI=1S/C11H8BF6.K/c13-7-2-9(15)8(14)1-6(7)10-3-11(4-10,5-10)12(16,17)18;/h1-2H,3-5H2;/q-1;+1. The fourth-order valence-corrected chi connectivity index (χ4v) is 3.43. The second-order valence-electron chi connectivity index (χ2n) is 5.49. The molecule has 8 heteroatoms. The summed E-state index contributed by atoms with van der Waals surface area (Å²) in [6, 6.07) is 1.09. The molecule has 3 saturated carbocycles. The molecule has 2 bridgehead atoms. The quantitative estimate of drug-likeness (QED) is 0.436. The van der Waals surface area contributed by atoms with Crippen molar-refractivity contribution >= 4 is 6.98 Å². The SMILES string of the molecule is Fc1cc(F)c(C23CC([B-](F)(F)F)(C2)C3)cc1F.[K+]. The average molecular weight is 304 g/mol. The Morgan fingerprint density at radius 1 is 0.842 bits per heavy atom. The van der Waals surface area contributed by atoms with Gasteiger partial charge in [0.1, 0.15) is 5.82 Å². The van der Waals surface area contributed by atoms with Crippen LogP contribution in [-0.4, -0.2) is 6.98 Å². The van der Waals surface area contributed by atoms with Crippen LogP contribution in [0.2, 0.25) is 5.31 Å². The third-order valence-electron chi connectivity index (χ3n) is 4.35. The van der Waals surface area contributed by atoms with E-state index < -0.39 is 35.2 Å². The fourth-order valence-electron chi connectivity index (χ4n) is 3.43. The summed E-state index contributed by atoms with van der Waals surface area (Å²) in [5.41, 5.74) is -1.06. The van der Waals surface area contributed by atoms with Crippen molar-refractivity contribution in [2.45, 2.75) is 30.0 Å². The Balaban J connectivity index is 0.00000133. The molecule has 0 spiro atoms. The predicted molar refractivity (Wildman–Crippen MR) is 53.6 cm³/mol. The summed E-state index contributed by atoms with van der Waals surface area (Å²) in [5.74, 6) is -3.50. The summed E-state index contributed by atoms with van der Waals surface area (Å²) in [4.78, 5) is 0. The number of hydrogen-bond donors (Lipinski definition) is 0. The Morgan fingerprint density at radius 2 is 1.32 bits per heavy atom. The van der Waals surface area contributed by atoms with Gasteiger partial charge in [-0.2, -0.15) is 0 Å². The van der Waals surface area contributed by atoms with Gasteiger partial charge in [0.2, 0.25) is 0 Å². The number of benzene rings is 1. The first kappa shape index (κ1) is 15.9. The van der Waals surface area contributed by atoms with Gasteiger partial charge in [-0.05, 0) is 17.0 Å². The van der Waals surface area contributed by atoms with Crippen LogP contribution in [0.1, 0.15) is 24.8 Å². The van der Waals surface area contributed by atoms with Crippen LogP contribution in [0.3, 0.4) is 0 Å². The Hall–Kier alpha value is 0.501. The van der Waals surface area contributed by atoms with E-state index in [1.165, 1.54) is 0 Å². The van der Waals surface area contributed by atoms with Crippen molar-refractivity contribution < 1.29 is 77.5 Å². The molecule has 3 aliphatic carbocycles. The number of halogens is 6. The first-order valence-corrected chi connectivity index (χ1v) is 5.54. The molecule has 0 N–H and O–H groups in total. The van der Waals surface area contributed by atoms with Gasteiger partial charge in [0.25, 0.3) is 0 Å². The van der Waals surface area contributed by atoms with Crippen LogP contribution in [0.5, 0.6) is 0 Å². The molecule has 3 fully saturated rings. The molecule has 4 rings (SSSR count). The van der Waals surface area contributed by atoms with Crippen LogP contribution in [0.15, 0.2) is 12.1 Å². The minimum Gasteiger partial charge on any atom is -0.449 e. The maximum atomic E-state index is 13.5. The third kappa shape index (κ3) is 2.06. The van der Waals surface area contributed by atoms with Crippen molar-refractivity contribution in [2.75, 3.05) is 0 Å². The van der Waals surface area contributed by atoms with E-state index in [0.717, 1.165) is 0 Å². The fraction of sp³-hybridized carbons (Fsp3) is 0.455. The molecule has 19 heavy (non-hydrogen) atoms. The van der Waals surface area contributed by atoms with Gasteiger partial charge < -0.3 is 12.9 Å². The average Bonchev–Trinajstić information content (AvgIpc) is 2.06. The van der Waals surface area contributed by atoms with Crippen molar-refractivity contribution in [1.29, 1.82) is 0 Å². The Bertz CT molecular complexity index is 521. The smallest absolute Gasteiger partial charge is 0.449 e. The molecule has 0 atom stereocenters. The molecule has 0 unspecified atom stereocenters. The normalized spacial score (nSPS) is 32.1. The predicted octanol–water partition coefficient (Wildman–Crippen LogP) is 1.13. The van der Waals surface area contributed by atoms with Crippen molar-refractivity contribution in [3.05, 3.63) is 35.1 Å². The van der Waals surface area contributed by atoms with Gasteiger partial charge in [-0.25, -0.2) is 13.2 Å². The zero-order valence-corrected chi connectivity index (χ0v) is 13.2. The minimum atomic E-state index is -4.95. The second kappa shape index (κ2) is 4.50. The van der Waals surface area contributed by atoms with Gasteiger partial charge in [-0.3, -0.25) is 0 Å². The minimum absolute atomic E-state index is 0. The zero-order chi connectivity index (χ0) is 13.3. The van der Waals surface area contributed by atoms with E-state index in [9.17, 15) is 26.1 Å². The molecule has 0 radical (unpaired) electrons.